The molecule has 4 nitrogen and oxygen atoms in total. The first kappa shape index (κ1) is 11.6. The van der Waals surface area contributed by atoms with Crippen LogP contribution < -0.4 is 5.73 Å². The molecule has 0 amide bonds. The van der Waals surface area contributed by atoms with Crippen molar-refractivity contribution < 1.29 is 0 Å². The van der Waals surface area contributed by atoms with Gasteiger partial charge in [0.25, 0.3) is 0 Å². The van der Waals surface area contributed by atoms with Crippen LogP contribution in [0.5, 0.6) is 0 Å². The summed E-state index contributed by atoms with van der Waals surface area (Å²) >= 11 is 0. The highest BCUT2D eigenvalue weighted by Gasteiger charge is 2.30. The molecule has 1 heterocycles. The van der Waals surface area contributed by atoms with Gasteiger partial charge in [-0.1, -0.05) is 31.4 Å². The van der Waals surface area contributed by atoms with E-state index in [1.807, 2.05) is 0 Å². The molecule has 1 fully saturated rings. The van der Waals surface area contributed by atoms with Crippen LogP contribution in [0.1, 0.15) is 62.8 Å². The minimum Gasteiger partial charge on any atom is -0.325 e. The lowest BCUT2D eigenvalue weighted by Gasteiger charge is -2.06. The molecule has 2 rings (SSSR count). The van der Waals surface area contributed by atoms with Crippen molar-refractivity contribution in [2.45, 2.75) is 64.5 Å². The molecule has 0 bridgehead atoms. The number of unbranched alkanes of at least 4 members (excludes halogenated alkanes) is 3. The van der Waals surface area contributed by atoms with Crippen LogP contribution >= 0.6 is 0 Å². The Morgan fingerprint density at radius 2 is 2.12 bits per heavy atom. The fraction of sp³-hybridized carbons (Fsp3) is 0.833. The lowest BCUT2D eigenvalue weighted by Crippen LogP contribution is -2.07. The van der Waals surface area contributed by atoms with Gasteiger partial charge in [-0.05, 0) is 19.3 Å². The molecule has 0 aliphatic heterocycles. The van der Waals surface area contributed by atoms with E-state index in [4.69, 9.17) is 5.73 Å². The highest BCUT2D eigenvalue weighted by atomic mass is 15.4. The average Bonchev–Trinajstić information content (AvgIpc) is 3.06. The van der Waals surface area contributed by atoms with E-state index in [0.29, 0.717) is 12.5 Å². The van der Waals surface area contributed by atoms with Crippen LogP contribution in [0.25, 0.3) is 0 Å². The van der Waals surface area contributed by atoms with Crippen molar-refractivity contribution in [3.05, 3.63) is 11.4 Å². The standard InChI is InChI=1S/C12H22N4/c1-2-3-4-5-8-16-12(10-6-7-10)11(9-13)14-15-16/h10H,2-9,13H2,1H3. The fourth-order valence-electron chi connectivity index (χ4n) is 2.16. The van der Waals surface area contributed by atoms with Gasteiger partial charge in [0, 0.05) is 19.0 Å². The summed E-state index contributed by atoms with van der Waals surface area (Å²) in [5.41, 5.74) is 8.02. The van der Waals surface area contributed by atoms with E-state index in [1.165, 1.54) is 44.2 Å². The van der Waals surface area contributed by atoms with Gasteiger partial charge in [0.2, 0.25) is 0 Å². The molecule has 1 aliphatic carbocycles. The lowest BCUT2D eigenvalue weighted by molar-refractivity contribution is 0.512. The van der Waals surface area contributed by atoms with Gasteiger partial charge in [-0.3, -0.25) is 0 Å². The number of hydrogen-bond acceptors (Lipinski definition) is 3. The smallest absolute Gasteiger partial charge is 0.0997 e. The first-order chi connectivity index (χ1) is 7.86. The van der Waals surface area contributed by atoms with Gasteiger partial charge < -0.3 is 5.73 Å². The molecule has 4 heteroatoms. The second-order valence-corrected chi connectivity index (χ2v) is 4.68. The van der Waals surface area contributed by atoms with E-state index in [0.717, 1.165) is 12.2 Å². The second-order valence-electron chi connectivity index (χ2n) is 4.68. The predicted molar refractivity (Wildman–Crippen MR) is 64.0 cm³/mol. The van der Waals surface area contributed by atoms with Crippen molar-refractivity contribution in [2.24, 2.45) is 5.73 Å². The number of aromatic nitrogens is 3. The van der Waals surface area contributed by atoms with Crippen LogP contribution in [0.2, 0.25) is 0 Å². The van der Waals surface area contributed by atoms with Gasteiger partial charge in [0.1, 0.15) is 0 Å². The number of nitrogens with zero attached hydrogens (tertiary/aromatic N) is 3. The first-order valence-corrected chi connectivity index (χ1v) is 6.49. The molecule has 0 radical (unpaired) electrons. The highest BCUT2D eigenvalue weighted by molar-refractivity contribution is 5.20. The summed E-state index contributed by atoms with van der Waals surface area (Å²) in [5.74, 6) is 0.694. The SMILES string of the molecule is CCCCCCn1nnc(CN)c1C1CC1. The predicted octanol–water partition coefficient (Wildman–Crippen LogP) is 2.19. The van der Waals surface area contributed by atoms with Crippen LogP contribution in [0, 0.1) is 0 Å². The van der Waals surface area contributed by atoms with E-state index in [2.05, 4.69) is 21.9 Å². The van der Waals surface area contributed by atoms with Crippen molar-refractivity contribution in [3.63, 3.8) is 0 Å². The van der Waals surface area contributed by atoms with Crippen LogP contribution in [0.3, 0.4) is 0 Å². The normalized spacial score (nSPS) is 15.6. The Morgan fingerprint density at radius 3 is 2.75 bits per heavy atom. The zero-order chi connectivity index (χ0) is 11.4. The molecule has 0 unspecified atom stereocenters. The molecule has 1 aromatic rings. The quantitative estimate of drug-likeness (QED) is 0.719. The molecular formula is C12H22N4. The van der Waals surface area contributed by atoms with Gasteiger partial charge in [-0.2, -0.15) is 0 Å². The average molecular weight is 222 g/mol. The molecule has 0 spiro atoms. The largest absolute Gasteiger partial charge is 0.325 e. The van der Waals surface area contributed by atoms with Gasteiger partial charge in [-0.25, -0.2) is 4.68 Å². The van der Waals surface area contributed by atoms with Crippen molar-refractivity contribution >= 4 is 0 Å². The Kier molecular flexibility index (Phi) is 3.93. The van der Waals surface area contributed by atoms with Gasteiger partial charge in [-0.15, -0.1) is 5.10 Å². The summed E-state index contributed by atoms with van der Waals surface area (Å²) in [6.07, 6.45) is 7.67. The minimum absolute atomic E-state index is 0.529. The van der Waals surface area contributed by atoms with E-state index in [1.54, 1.807) is 0 Å². The molecule has 1 saturated carbocycles. The summed E-state index contributed by atoms with van der Waals surface area (Å²) in [7, 11) is 0. The number of aryl methyl sites for hydroxylation is 1. The molecule has 0 aromatic carbocycles. The van der Waals surface area contributed by atoms with Crippen LogP contribution in [-0.2, 0) is 13.1 Å². The molecule has 2 N–H and O–H groups in total. The van der Waals surface area contributed by atoms with Crippen LogP contribution in [0.15, 0.2) is 0 Å². The topological polar surface area (TPSA) is 56.7 Å². The summed E-state index contributed by atoms with van der Waals surface area (Å²) < 4.78 is 2.09. The molecule has 1 aliphatic rings. The molecule has 90 valence electrons. The van der Waals surface area contributed by atoms with Gasteiger partial charge in [0.15, 0.2) is 0 Å². The Balaban J connectivity index is 1.94. The Bertz CT molecular complexity index is 328. The third kappa shape index (κ3) is 2.61. The Morgan fingerprint density at radius 1 is 1.31 bits per heavy atom. The number of hydrogen-bond donors (Lipinski definition) is 1. The van der Waals surface area contributed by atoms with Crippen molar-refractivity contribution in [2.75, 3.05) is 0 Å². The third-order valence-electron chi connectivity index (χ3n) is 3.23. The van der Waals surface area contributed by atoms with Crippen LogP contribution in [-0.4, -0.2) is 15.0 Å². The van der Waals surface area contributed by atoms with Crippen molar-refractivity contribution in [1.82, 2.24) is 15.0 Å². The maximum Gasteiger partial charge on any atom is 0.0997 e. The molecule has 0 saturated heterocycles. The van der Waals surface area contributed by atoms with E-state index >= 15 is 0 Å². The maximum absolute atomic E-state index is 5.69. The van der Waals surface area contributed by atoms with E-state index in [-0.39, 0.29) is 0 Å². The molecule has 1 aromatic heterocycles. The van der Waals surface area contributed by atoms with Crippen LogP contribution in [0.4, 0.5) is 0 Å². The maximum atomic E-state index is 5.69. The minimum atomic E-state index is 0.529. The Labute approximate surface area is 97.2 Å². The van der Waals surface area contributed by atoms with Gasteiger partial charge in [0.05, 0.1) is 11.4 Å². The van der Waals surface area contributed by atoms with E-state index in [9.17, 15) is 0 Å². The van der Waals surface area contributed by atoms with Crippen molar-refractivity contribution in [3.8, 4) is 0 Å². The zero-order valence-corrected chi connectivity index (χ0v) is 10.2. The van der Waals surface area contributed by atoms with Gasteiger partial charge >= 0.3 is 0 Å². The van der Waals surface area contributed by atoms with Crippen molar-refractivity contribution in [1.29, 1.82) is 0 Å². The summed E-state index contributed by atoms with van der Waals surface area (Å²) in [6, 6.07) is 0. The molecule has 0 atom stereocenters. The zero-order valence-electron chi connectivity index (χ0n) is 10.2. The summed E-state index contributed by atoms with van der Waals surface area (Å²) in [6.45, 7) is 3.78. The first-order valence-electron chi connectivity index (χ1n) is 6.49. The molecular weight excluding hydrogens is 200 g/mol. The lowest BCUT2D eigenvalue weighted by atomic mass is 10.2. The highest BCUT2D eigenvalue weighted by Crippen LogP contribution is 2.41. The summed E-state index contributed by atoms with van der Waals surface area (Å²) in [5, 5.41) is 8.42. The molecule has 16 heavy (non-hydrogen) atoms. The fourth-order valence-corrected chi connectivity index (χ4v) is 2.16. The second kappa shape index (κ2) is 5.43. The third-order valence-corrected chi connectivity index (χ3v) is 3.23. The number of rotatable bonds is 7. The van der Waals surface area contributed by atoms with E-state index < -0.39 is 0 Å². The number of nitrogens with two attached hydrogens (primary N) is 1. The Hall–Kier alpha value is -0.900. The summed E-state index contributed by atoms with van der Waals surface area (Å²) in [4.78, 5) is 0. The monoisotopic (exact) mass is 222 g/mol.